The molecule has 0 radical (unpaired) electrons. The molecule has 1 saturated carbocycles. The number of nitrogens with zero attached hydrogens (tertiary/aromatic N) is 2. The third kappa shape index (κ3) is 7.37. The van der Waals surface area contributed by atoms with E-state index in [1.807, 2.05) is 0 Å². The average molecular weight is 462 g/mol. The van der Waals surface area contributed by atoms with Gasteiger partial charge in [0, 0.05) is 42.3 Å². The molecular weight excluding hydrogens is 434 g/mol. The summed E-state index contributed by atoms with van der Waals surface area (Å²) in [6.07, 6.45) is 2.26. The van der Waals surface area contributed by atoms with Crippen LogP contribution >= 0.6 is 0 Å². The molecule has 0 aliphatic heterocycles. The zero-order valence-electron chi connectivity index (χ0n) is 18.9. The van der Waals surface area contributed by atoms with Crippen molar-refractivity contribution in [1.82, 2.24) is 15.3 Å². The van der Waals surface area contributed by atoms with Crippen molar-refractivity contribution in [1.29, 1.82) is 0 Å². The second-order valence-corrected chi connectivity index (χ2v) is 8.08. The van der Waals surface area contributed by atoms with Gasteiger partial charge < -0.3 is 20.1 Å². The van der Waals surface area contributed by atoms with E-state index in [1.165, 1.54) is 26.2 Å². The van der Waals surface area contributed by atoms with E-state index in [1.54, 1.807) is 19.1 Å². The van der Waals surface area contributed by atoms with Crippen LogP contribution in [0.4, 0.5) is 14.6 Å². The second kappa shape index (κ2) is 10.5. The third-order valence-corrected chi connectivity index (χ3v) is 5.15. The van der Waals surface area contributed by atoms with Crippen LogP contribution < -0.4 is 20.1 Å². The van der Waals surface area contributed by atoms with Gasteiger partial charge >= 0.3 is 0 Å². The number of anilines is 1. The molecule has 0 spiro atoms. The zero-order chi connectivity index (χ0) is 24.0. The molecule has 1 aliphatic carbocycles. The summed E-state index contributed by atoms with van der Waals surface area (Å²) in [6.45, 7) is 2.42. The molecule has 0 aromatic carbocycles. The molecule has 0 unspecified atom stereocenters. The lowest BCUT2D eigenvalue weighted by molar-refractivity contribution is -0.116. The summed E-state index contributed by atoms with van der Waals surface area (Å²) >= 11 is 0. The summed E-state index contributed by atoms with van der Waals surface area (Å²) in [7, 11) is 1.39. The van der Waals surface area contributed by atoms with Gasteiger partial charge in [-0.1, -0.05) is 6.92 Å². The van der Waals surface area contributed by atoms with Crippen LogP contribution in [0.5, 0.6) is 11.8 Å². The van der Waals surface area contributed by atoms with E-state index >= 15 is 0 Å². The number of carbonyl (C=O) groups excluding carboxylic acids is 2. The zero-order valence-corrected chi connectivity index (χ0v) is 18.9. The number of hydrogen-bond donors (Lipinski definition) is 2. The first kappa shape index (κ1) is 24.3. The lowest BCUT2D eigenvalue weighted by Gasteiger charge is -2.15. The van der Waals surface area contributed by atoms with Gasteiger partial charge in [0.05, 0.1) is 7.11 Å². The monoisotopic (exact) mass is 462 g/mol. The molecule has 8 nitrogen and oxygen atoms in total. The van der Waals surface area contributed by atoms with E-state index in [4.69, 9.17) is 9.47 Å². The van der Waals surface area contributed by atoms with E-state index in [2.05, 4.69) is 20.6 Å². The minimum Gasteiger partial charge on any atom is -0.481 e. The van der Waals surface area contributed by atoms with Crippen molar-refractivity contribution in [2.24, 2.45) is 5.92 Å². The van der Waals surface area contributed by atoms with E-state index in [0.717, 1.165) is 12.8 Å². The topological polar surface area (TPSA) is 102 Å². The van der Waals surface area contributed by atoms with Crippen LogP contribution in [0.1, 0.15) is 54.2 Å². The fourth-order valence-electron chi connectivity index (χ4n) is 3.04. The van der Waals surface area contributed by atoms with Crippen molar-refractivity contribution >= 4 is 17.6 Å². The fraction of sp³-hybridized carbons (Fsp3) is 0.478. The summed E-state index contributed by atoms with van der Waals surface area (Å²) in [5, 5.41) is 5.51. The average Bonchev–Trinajstić information content (AvgIpc) is 3.59. The molecule has 2 amide bonds. The van der Waals surface area contributed by atoms with Crippen molar-refractivity contribution in [2.45, 2.75) is 52.0 Å². The molecular formula is C23H28F2N4O4. The Kier molecular flexibility index (Phi) is 7.78. The van der Waals surface area contributed by atoms with Crippen LogP contribution in [0.15, 0.2) is 24.3 Å². The van der Waals surface area contributed by atoms with Crippen molar-refractivity contribution < 1.29 is 27.8 Å². The first-order valence-corrected chi connectivity index (χ1v) is 10.8. The summed E-state index contributed by atoms with van der Waals surface area (Å²) < 4.78 is 37.1. The Morgan fingerprint density at radius 2 is 1.97 bits per heavy atom. The highest BCUT2D eigenvalue weighted by Crippen LogP contribution is 2.32. The molecule has 33 heavy (non-hydrogen) atoms. The van der Waals surface area contributed by atoms with Crippen LogP contribution in [0.25, 0.3) is 0 Å². The molecule has 0 bridgehead atoms. The van der Waals surface area contributed by atoms with Gasteiger partial charge in [-0.05, 0) is 43.9 Å². The number of ether oxygens (including phenoxy) is 2. The molecule has 3 rings (SSSR count). The minimum absolute atomic E-state index is 0.00592. The maximum atomic E-state index is 13.4. The Balaban J connectivity index is 1.62. The number of pyridine rings is 2. The number of amides is 2. The normalized spacial score (nSPS) is 13.4. The van der Waals surface area contributed by atoms with Gasteiger partial charge in [-0.3, -0.25) is 9.59 Å². The highest BCUT2D eigenvalue weighted by atomic mass is 19.3. The van der Waals surface area contributed by atoms with Gasteiger partial charge in [0.1, 0.15) is 5.82 Å². The number of halogens is 2. The lowest BCUT2D eigenvalue weighted by atomic mass is 10.2. The highest BCUT2D eigenvalue weighted by Gasteiger charge is 2.27. The SMILES string of the molecule is CCC(F)(F)COc1ccc(CNC(=O)c2cc(C)nc(NC(=O)CC3CC3)c2)c(OC)n1. The molecule has 10 heteroatoms. The Hall–Kier alpha value is -3.30. The lowest BCUT2D eigenvalue weighted by Crippen LogP contribution is -2.25. The van der Waals surface area contributed by atoms with Gasteiger partial charge in [-0.2, -0.15) is 4.98 Å². The van der Waals surface area contributed by atoms with E-state index in [0.29, 0.717) is 35.0 Å². The van der Waals surface area contributed by atoms with Crippen molar-refractivity contribution in [2.75, 3.05) is 19.0 Å². The number of aromatic nitrogens is 2. The number of aryl methyl sites for hydroxylation is 1. The van der Waals surface area contributed by atoms with E-state index < -0.39 is 12.5 Å². The maximum Gasteiger partial charge on any atom is 0.281 e. The maximum absolute atomic E-state index is 13.4. The summed E-state index contributed by atoms with van der Waals surface area (Å²) in [5.74, 6) is -2.49. The molecule has 0 atom stereocenters. The fourth-order valence-corrected chi connectivity index (χ4v) is 3.04. The van der Waals surface area contributed by atoms with Crippen LogP contribution in [0.2, 0.25) is 0 Å². The van der Waals surface area contributed by atoms with Crippen LogP contribution in [-0.2, 0) is 11.3 Å². The van der Waals surface area contributed by atoms with Crippen molar-refractivity contribution in [3.8, 4) is 11.8 Å². The van der Waals surface area contributed by atoms with Gasteiger partial charge in [-0.15, -0.1) is 0 Å². The Labute approximate surface area is 191 Å². The summed E-state index contributed by atoms with van der Waals surface area (Å²) in [5.41, 5.74) is 1.48. The van der Waals surface area contributed by atoms with Crippen LogP contribution in [0.3, 0.4) is 0 Å². The number of rotatable bonds is 11. The number of nitrogens with one attached hydrogen (secondary N) is 2. The smallest absolute Gasteiger partial charge is 0.281 e. The molecule has 2 N–H and O–H groups in total. The number of hydrogen-bond acceptors (Lipinski definition) is 6. The van der Waals surface area contributed by atoms with Crippen molar-refractivity contribution in [3.63, 3.8) is 0 Å². The molecule has 1 aliphatic rings. The Morgan fingerprint density at radius 1 is 1.21 bits per heavy atom. The van der Waals surface area contributed by atoms with Gasteiger partial charge in [0.25, 0.3) is 11.8 Å². The Bertz CT molecular complexity index is 1010. The van der Waals surface area contributed by atoms with Crippen LogP contribution in [-0.4, -0.2) is 41.4 Å². The first-order chi connectivity index (χ1) is 15.7. The summed E-state index contributed by atoms with van der Waals surface area (Å²) in [4.78, 5) is 33.1. The van der Waals surface area contributed by atoms with E-state index in [9.17, 15) is 18.4 Å². The number of methoxy groups -OCH3 is 1. The van der Waals surface area contributed by atoms with Gasteiger partial charge in [0.15, 0.2) is 6.61 Å². The first-order valence-electron chi connectivity index (χ1n) is 10.8. The molecule has 2 aromatic rings. The largest absolute Gasteiger partial charge is 0.481 e. The second-order valence-electron chi connectivity index (χ2n) is 8.08. The standard InChI is InChI=1S/C23H28F2N4O4/c1-4-23(24,25)13-33-20-8-7-16(22(29-20)32-3)12-26-21(31)17-9-14(2)27-18(11-17)28-19(30)10-15-5-6-15/h7-9,11,15H,4-6,10,12-13H2,1-3H3,(H,26,31)(H,27,28,30). The highest BCUT2D eigenvalue weighted by molar-refractivity contribution is 5.96. The molecule has 178 valence electrons. The van der Waals surface area contributed by atoms with Gasteiger partial charge in [0.2, 0.25) is 17.7 Å². The van der Waals surface area contributed by atoms with Crippen LogP contribution in [0, 0.1) is 12.8 Å². The third-order valence-electron chi connectivity index (χ3n) is 5.15. The molecule has 0 saturated heterocycles. The molecule has 2 aromatic heterocycles. The molecule has 1 fully saturated rings. The van der Waals surface area contributed by atoms with Crippen molar-refractivity contribution in [3.05, 3.63) is 41.1 Å². The minimum atomic E-state index is -2.94. The predicted octanol–water partition coefficient (Wildman–Crippen LogP) is 3.89. The molecule has 2 heterocycles. The predicted molar refractivity (Wildman–Crippen MR) is 118 cm³/mol. The Morgan fingerprint density at radius 3 is 2.64 bits per heavy atom. The summed E-state index contributed by atoms with van der Waals surface area (Å²) in [6, 6.07) is 6.17. The van der Waals surface area contributed by atoms with E-state index in [-0.39, 0.29) is 36.5 Å². The van der Waals surface area contributed by atoms with Gasteiger partial charge in [-0.25, -0.2) is 13.8 Å². The number of alkyl halides is 2. The number of carbonyl (C=O) groups is 2. The quantitative estimate of drug-likeness (QED) is 0.525.